The lowest BCUT2D eigenvalue weighted by Crippen LogP contribution is -2.47. The minimum absolute atomic E-state index is 0.170. The van der Waals surface area contributed by atoms with E-state index in [2.05, 4.69) is 0 Å². The van der Waals surface area contributed by atoms with Gasteiger partial charge in [-0.25, -0.2) is 0 Å². The van der Waals surface area contributed by atoms with Crippen molar-refractivity contribution >= 4 is 0 Å². The van der Waals surface area contributed by atoms with Crippen molar-refractivity contribution in [3.05, 3.63) is 0 Å². The van der Waals surface area contributed by atoms with E-state index in [0.717, 1.165) is 0 Å². The Bertz CT molecular complexity index is 345. The number of nitrogens with two attached hydrogens (primary N) is 1. The van der Waals surface area contributed by atoms with E-state index in [9.17, 15) is 0 Å². The number of hydrogen-bond donors (Lipinski definition) is 1. The minimum atomic E-state index is -0.635. The molecule has 0 aromatic heterocycles. The highest BCUT2D eigenvalue weighted by Crippen LogP contribution is 2.39. The summed E-state index contributed by atoms with van der Waals surface area (Å²) in [5.74, 6) is -1.21. The first kappa shape index (κ1) is 12.8. The van der Waals surface area contributed by atoms with Crippen molar-refractivity contribution in [3.63, 3.8) is 0 Å². The SMILES string of the molecule is CC1(C)O[C@H]2O[C@H]([C@@H]3COC(C)(C)O3)[C@@H](N)[C@H]2O1. The van der Waals surface area contributed by atoms with Crippen molar-refractivity contribution < 1.29 is 23.7 Å². The standard InChI is InChI=1S/C12H21NO5/c1-11(2)14-5-6(16-11)8-7(13)9-10(15-8)18-12(3,4)17-9/h6-10H,5,13H2,1-4H3/t6-,7+,8+,9+,10+/m0/s1. The van der Waals surface area contributed by atoms with Crippen LogP contribution in [0.2, 0.25) is 0 Å². The summed E-state index contributed by atoms with van der Waals surface area (Å²) >= 11 is 0. The molecule has 104 valence electrons. The molecule has 0 radical (unpaired) electrons. The van der Waals surface area contributed by atoms with Gasteiger partial charge >= 0.3 is 0 Å². The van der Waals surface area contributed by atoms with E-state index in [0.29, 0.717) is 6.61 Å². The maximum absolute atomic E-state index is 6.19. The van der Waals surface area contributed by atoms with Gasteiger partial charge in [0, 0.05) is 0 Å². The first-order chi connectivity index (χ1) is 8.27. The van der Waals surface area contributed by atoms with Crippen LogP contribution in [0.25, 0.3) is 0 Å². The third-order valence-electron chi connectivity index (χ3n) is 3.53. The highest BCUT2D eigenvalue weighted by atomic mass is 16.8. The summed E-state index contributed by atoms with van der Waals surface area (Å²) in [4.78, 5) is 0. The molecule has 5 atom stereocenters. The summed E-state index contributed by atoms with van der Waals surface area (Å²) in [7, 11) is 0. The lowest BCUT2D eigenvalue weighted by atomic mass is 10.0. The van der Waals surface area contributed by atoms with Gasteiger partial charge < -0.3 is 29.4 Å². The first-order valence-electron chi connectivity index (χ1n) is 6.36. The Kier molecular flexibility index (Phi) is 2.75. The Morgan fingerprint density at radius 2 is 1.67 bits per heavy atom. The summed E-state index contributed by atoms with van der Waals surface area (Å²) in [5, 5.41) is 0. The molecular formula is C12H21NO5. The van der Waals surface area contributed by atoms with Gasteiger partial charge in [-0.15, -0.1) is 0 Å². The van der Waals surface area contributed by atoms with Gasteiger partial charge in [0.15, 0.2) is 17.9 Å². The number of fused-ring (bicyclic) bond motifs is 1. The molecule has 3 rings (SSSR count). The highest BCUT2D eigenvalue weighted by Gasteiger charge is 2.56. The minimum Gasteiger partial charge on any atom is -0.348 e. The van der Waals surface area contributed by atoms with Gasteiger partial charge in [0.25, 0.3) is 0 Å². The van der Waals surface area contributed by atoms with Gasteiger partial charge in [-0.1, -0.05) is 0 Å². The van der Waals surface area contributed by atoms with E-state index >= 15 is 0 Å². The topological polar surface area (TPSA) is 72.2 Å². The van der Waals surface area contributed by atoms with Gasteiger partial charge in [0.05, 0.1) is 12.6 Å². The summed E-state index contributed by atoms with van der Waals surface area (Å²) in [6.07, 6.45) is -1.07. The zero-order valence-corrected chi connectivity index (χ0v) is 11.2. The molecule has 0 unspecified atom stereocenters. The van der Waals surface area contributed by atoms with Crippen LogP contribution in [0.1, 0.15) is 27.7 Å². The average molecular weight is 259 g/mol. The van der Waals surface area contributed by atoms with Crippen LogP contribution >= 0.6 is 0 Å². The van der Waals surface area contributed by atoms with Gasteiger partial charge in [-0.05, 0) is 27.7 Å². The Balaban J connectivity index is 1.68. The van der Waals surface area contributed by atoms with Crippen LogP contribution in [-0.4, -0.2) is 48.8 Å². The van der Waals surface area contributed by atoms with Gasteiger partial charge in [-0.2, -0.15) is 0 Å². The lowest BCUT2D eigenvalue weighted by molar-refractivity contribution is -0.222. The zero-order valence-electron chi connectivity index (χ0n) is 11.2. The van der Waals surface area contributed by atoms with E-state index in [-0.39, 0.29) is 24.4 Å². The predicted molar refractivity (Wildman–Crippen MR) is 61.6 cm³/mol. The van der Waals surface area contributed by atoms with E-state index < -0.39 is 17.9 Å². The smallest absolute Gasteiger partial charge is 0.189 e. The van der Waals surface area contributed by atoms with Crippen LogP contribution in [0.4, 0.5) is 0 Å². The zero-order chi connectivity index (χ0) is 13.1. The third kappa shape index (κ3) is 2.07. The third-order valence-corrected chi connectivity index (χ3v) is 3.53. The van der Waals surface area contributed by atoms with Gasteiger partial charge in [0.1, 0.15) is 18.3 Å². The van der Waals surface area contributed by atoms with Crippen LogP contribution in [0.5, 0.6) is 0 Å². The van der Waals surface area contributed by atoms with Crippen LogP contribution in [-0.2, 0) is 23.7 Å². The predicted octanol–water partition coefficient (Wildman–Crippen LogP) is 0.342. The molecule has 6 nitrogen and oxygen atoms in total. The molecule has 0 saturated carbocycles. The van der Waals surface area contributed by atoms with Crippen molar-refractivity contribution in [2.75, 3.05) is 6.61 Å². The molecule has 0 amide bonds. The van der Waals surface area contributed by atoms with Gasteiger partial charge in [-0.3, -0.25) is 0 Å². The quantitative estimate of drug-likeness (QED) is 0.732. The monoisotopic (exact) mass is 259 g/mol. The molecule has 18 heavy (non-hydrogen) atoms. The van der Waals surface area contributed by atoms with Crippen molar-refractivity contribution in [1.82, 2.24) is 0 Å². The summed E-state index contributed by atoms with van der Waals surface area (Å²) in [5.41, 5.74) is 6.19. The second-order valence-electron chi connectivity index (χ2n) is 6.01. The van der Waals surface area contributed by atoms with E-state index in [1.54, 1.807) is 0 Å². The number of ether oxygens (including phenoxy) is 5. The van der Waals surface area contributed by atoms with Crippen LogP contribution in [0, 0.1) is 0 Å². The Labute approximate surface area is 107 Å². The van der Waals surface area contributed by atoms with Crippen LogP contribution in [0.3, 0.4) is 0 Å². The molecule has 0 spiro atoms. The Hall–Kier alpha value is -0.240. The largest absolute Gasteiger partial charge is 0.348 e. The molecule has 6 heteroatoms. The normalized spacial score (nSPS) is 49.5. The molecule has 3 saturated heterocycles. The fraction of sp³-hybridized carbons (Fsp3) is 1.00. The van der Waals surface area contributed by atoms with Crippen molar-refractivity contribution in [2.24, 2.45) is 5.73 Å². The molecule has 3 fully saturated rings. The summed E-state index contributed by atoms with van der Waals surface area (Å²) < 4.78 is 28.6. The van der Waals surface area contributed by atoms with Gasteiger partial charge in [0.2, 0.25) is 0 Å². The van der Waals surface area contributed by atoms with Crippen molar-refractivity contribution in [3.8, 4) is 0 Å². The average Bonchev–Trinajstić information content (AvgIpc) is 2.81. The fourth-order valence-electron chi connectivity index (χ4n) is 2.77. The number of hydrogen-bond acceptors (Lipinski definition) is 6. The van der Waals surface area contributed by atoms with Crippen molar-refractivity contribution in [2.45, 2.75) is 69.9 Å². The molecule has 2 N–H and O–H groups in total. The van der Waals surface area contributed by atoms with E-state index in [4.69, 9.17) is 29.4 Å². The molecule has 0 aromatic rings. The Morgan fingerprint density at radius 3 is 2.22 bits per heavy atom. The molecule has 0 aliphatic carbocycles. The van der Waals surface area contributed by atoms with Crippen LogP contribution in [0.15, 0.2) is 0 Å². The summed E-state index contributed by atoms with van der Waals surface area (Å²) in [6, 6.07) is -0.265. The number of rotatable bonds is 1. The maximum Gasteiger partial charge on any atom is 0.189 e. The van der Waals surface area contributed by atoms with E-state index in [1.165, 1.54) is 0 Å². The van der Waals surface area contributed by atoms with Crippen LogP contribution < -0.4 is 5.73 Å². The highest BCUT2D eigenvalue weighted by molar-refractivity contribution is 4.99. The Morgan fingerprint density at radius 1 is 0.944 bits per heavy atom. The van der Waals surface area contributed by atoms with Crippen molar-refractivity contribution in [1.29, 1.82) is 0 Å². The molecule has 0 bridgehead atoms. The maximum atomic E-state index is 6.19. The second-order valence-corrected chi connectivity index (χ2v) is 6.01. The molecule has 3 aliphatic rings. The summed E-state index contributed by atoms with van der Waals surface area (Å²) in [6.45, 7) is 7.95. The van der Waals surface area contributed by atoms with E-state index in [1.807, 2.05) is 27.7 Å². The molecule has 3 aliphatic heterocycles. The molecular weight excluding hydrogens is 238 g/mol. The fourth-order valence-corrected chi connectivity index (χ4v) is 2.77. The first-order valence-corrected chi connectivity index (χ1v) is 6.36. The lowest BCUT2D eigenvalue weighted by Gasteiger charge is -2.26. The molecule has 0 aromatic carbocycles. The second kappa shape index (κ2) is 3.88. The molecule has 3 heterocycles.